The molecule has 2 rings (SSSR count). The quantitative estimate of drug-likeness (QED) is 0.656. The molecule has 0 radical (unpaired) electrons. The largest absolute Gasteiger partial charge is 0.425 e. The number of hydrogen-bond donors (Lipinski definition) is 1. The van der Waals surface area contributed by atoms with Crippen LogP contribution < -0.4 is 5.19 Å². The summed E-state index contributed by atoms with van der Waals surface area (Å²) < 4.78 is 53.7. The van der Waals surface area contributed by atoms with E-state index in [4.69, 9.17) is 0 Å². The molecule has 0 heterocycles. The summed E-state index contributed by atoms with van der Waals surface area (Å²) in [4.78, 5) is 0. The molecule has 0 bridgehead atoms. The SMILES string of the molecule is C[Si](C)(C)c1ccc([C@@](O)(c2ccc(F)cc2)C(F)(F)F)cc1. The Morgan fingerprint density at radius 3 is 1.52 bits per heavy atom. The van der Waals surface area contributed by atoms with Crippen molar-refractivity contribution in [1.82, 2.24) is 0 Å². The Morgan fingerprint density at radius 1 is 0.783 bits per heavy atom. The monoisotopic (exact) mass is 342 g/mol. The third kappa shape index (κ3) is 3.33. The maximum absolute atomic E-state index is 13.6. The molecule has 2 aromatic rings. The lowest BCUT2D eigenvalue weighted by atomic mass is 9.85. The molecule has 0 unspecified atom stereocenters. The first-order valence-corrected chi connectivity index (χ1v) is 10.6. The molecule has 23 heavy (non-hydrogen) atoms. The highest BCUT2D eigenvalue weighted by Crippen LogP contribution is 2.44. The molecule has 0 amide bonds. The maximum atomic E-state index is 13.6. The zero-order chi connectivity index (χ0) is 17.5. The zero-order valence-corrected chi connectivity index (χ0v) is 14.1. The number of halogens is 4. The summed E-state index contributed by atoms with van der Waals surface area (Å²) in [6, 6.07) is 9.56. The average Bonchev–Trinajstić information content (AvgIpc) is 2.45. The molecule has 1 N–H and O–H groups in total. The van der Waals surface area contributed by atoms with Crippen molar-refractivity contribution in [2.75, 3.05) is 0 Å². The van der Waals surface area contributed by atoms with Crippen molar-refractivity contribution in [3.63, 3.8) is 0 Å². The summed E-state index contributed by atoms with van der Waals surface area (Å²) in [6.07, 6.45) is -4.93. The van der Waals surface area contributed by atoms with Gasteiger partial charge in [0.2, 0.25) is 5.60 Å². The van der Waals surface area contributed by atoms with Gasteiger partial charge in [-0.25, -0.2) is 4.39 Å². The second kappa shape index (κ2) is 5.76. The molecule has 0 spiro atoms. The van der Waals surface area contributed by atoms with Crippen LogP contribution in [0, 0.1) is 5.82 Å². The van der Waals surface area contributed by atoms with Crippen molar-refractivity contribution < 1.29 is 22.7 Å². The van der Waals surface area contributed by atoms with Crippen LogP contribution in [0.4, 0.5) is 17.6 Å². The minimum Gasteiger partial charge on any atom is -0.372 e. The van der Waals surface area contributed by atoms with Gasteiger partial charge in [0.25, 0.3) is 0 Å². The van der Waals surface area contributed by atoms with Gasteiger partial charge in [-0.2, -0.15) is 13.2 Å². The molecule has 2 aromatic carbocycles. The lowest BCUT2D eigenvalue weighted by Gasteiger charge is -2.32. The number of rotatable bonds is 3. The number of hydrogen-bond acceptors (Lipinski definition) is 1. The van der Waals surface area contributed by atoms with Crippen LogP contribution in [-0.4, -0.2) is 19.4 Å². The predicted octanol–water partition coefficient (Wildman–Crippen LogP) is 4.17. The molecule has 0 saturated carbocycles. The van der Waals surface area contributed by atoms with Crippen molar-refractivity contribution in [1.29, 1.82) is 0 Å². The van der Waals surface area contributed by atoms with E-state index in [1.165, 1.54) is 12.1 Å². The molecule has 0 aliphatic carbocycles. The molecule has 1 nitrogen and oxygen atoms in total. The van der Waals surface area contributed by atoms with Crippen LogP contribution in [0.3, 0.4) is 0 Å². The van der Waals surface area contributed by atoms with Gasteiger partial charge in [0, 0.05) is 0 Å². The molecule has 0 saturated heterocycles. The Labute approximate surface area is 133 Å². The van der Waals surface area contributed by atoms with Gasteiger partial charge in [-0.1, -0.05) is 61.2 Å². The highest BCUT2D eigenvalue weighted by Gasteiger charge is 2.56. The van der Waals surface area contributed by atoms with Crippen LogP contribution in [0.2, 0.25) is 19.6 Å². The van der Waals surface area contributed by atoms with E-state index in [1.54, 1.807) is 12.1 Å². The van der Waals surface area contributed by atoms with E-state index in [0.717, 1.165) is 29.5 Å². The van der Waals surface area contributed by atoms with Gasteiger partial charge in [-0.05, 0) is 23.3 Å². The van der Waals surface area contributed by atoms with Crippen LogP contribution in [-0.2, 0) is 5.60 Å². The fourth-order valence-electron chi connectivity index (χ4n) is 2.40. The van der Waals surface area contributed by atoms with Crippen LogP contribution in [0.5, 0.6) is 0 Å². The average molecular weight is 342 g/mol. The van der Waals surface area contributed by atoms with Crippen molar-refractivity contribution in [2.24, 2.45) is 0 Å². The molecule has 0 aliphatic heterocycles. The summed E-state index contributed by atoms with van der Waals surface area (Å²) in [5.74, 6) is -0.660. The minimum absolute atomic E-state index is 0.279. The molecular formula is C17H18F4OSi. The second-order valence-electron chi connectivity index (χ2n) is 6.54. The minimum atomic E-state index is -4.93. The van der Waals surface area contributed by atoms with Gasteiger partial charge in [-0.15, -0.1) is 0 Å². The Morgan fingerprint density at radius 2 is 1.17 bits per heavy atom. The smallest absolute Gasteiger partial charge is 0.372 e. The summed E-state index contributed by atoms with van der Waals surface area (Å²) in [7, 11) is -1.66. The molecule has 6 heteroatoms. The van der Waals surface area contributed by atoms with Crippen molar-refractivity contribution in [3.8, 4) is 0 Å². The third-order valence-corrected chi connectivity index (χ3v) is 5.91. The molecule has 124 valence electrons. The topological polar surface area (TPSA) is 20.2 Å². The van der Waals surface area contributed by atoms with E-state index in [1.807, 2.05) is 0 Å². The van der Waals surface area contributed by atoms with E-state index >= 15 is 0 Å². The lowest BCUT2D eigenvalue weighted by molar-refractivity contribution is -0.248. The zero-order valence-electron chi connectivity index (χ0n) is 13.1. The predicted molar refractivity (Wildman–Crippen MR) is 84.9 cm³/mol. The Balaban J connectivity index is 2.58. The van der Waals surface area contributed by atoms with Crippen molar-refractivity contribution in [2.45, 2.75) is 31.4 Å². The molecule has 0 aromatic heterocycles. The summed E-state index contributed by atoms with van der Waals surface area (Å²) in [5, 5.41) is 11.4. The fraction of sp³-hybridized carbons (Fsp3) is 0.294. The lowest BCUT2D eigenvalue weighted by Crippen LogP contribution is -2.44. The van der Waals surface area contributed by atoms with Crippen LogP contribution in [0.25, 0.3) is 0 Å². The van der Waals surface area contributed by atoms with Crippen molar-refractivity contribution >= 4 is 13.3 Å². The number of benzene rings is 2. The van der Waals surface area contributed by atoms with E-state index in [9.17, 15) is 22.7 Å². The van der Waals surface area contributed by atoms with Gasteiger partial charge in [0.15, 0.2) is 0 Å². The summed E-state index contributed by atoms with van der Waals surface area (Å²) >= 11 is 0. The van der Waals surface area contributed by atoms with Crippen LogP contribution >= 0.6 is 0 Å². The maximum Gasteiger partial charge on any atom is 0.425 e. The van der Waals surface area contributed by atoms with E-state index in [0.29, 0.717) is 0 Å². The van der Waals surface area contributed by atoms with Crippen molar-refractivity contribution in [3.05, 3.63) is 65.5 Å². The first-order chi connectivity index (χ1) is 10.5. The molecule has 1 atom stereocenters. The van der Waals surface area contributed by atoms with Gasteiger partial charge in [0.05, 0.1) is 8.07 Å². The summed E-state index contributed by atoms with van der Waals surface area (Å²) in [6.45, 7) is 6.24. The second-order valence-corrected chi connectivity index (χ2v) is 11.6. The molecule has 0 fully saturated rings. The van der Waals surface area contributed by atoms with Gasteiger partial charge in [0.1, 0.15) is 5.82 Å². The highest BCUT2D eigenvalue weighted by atomic mass is 28.3. The van der Waals surface area contributed by atoms with E-state index < -0.39 is 31.2 Å². The van der Waals surface area contributed by atoms with Gasteiger partial charge >= 0.3 is 6.18 Å². The van der Waals surface area contributed by atoms with Gasteiger partial charge < -0.3 is 5.11 Å². The Kier molecular flexibility index (Phi) is 4.43. The normalized spacial score (nSPS) is 15.3. The van der Waals surface area contributed by atoms with Crippen LogP contribution in [0.15, 0.2) is 48.5 Å². The first-order valence-electron chi connectivity index (χ1n) is 7.12. The Hall–Kier alpha value is -1.66. The molecular weight excluding hydrogens is 324 g/mol. The van der Waals surface area contributed by atoms with Crippen LogP contribution in [0.1, 0.15) is 11.1 Å². The third-order valence-electron chi connectivity index (χ3n) is 3.84. The van der Waals surface area contributed by atoms with E-state index in [-0.39, 0.29) is 5.56 Å². The Bertz CT molecular complexity index is 672. The standard InChI is InChI=1S/C17H18F4OSi/c1-23(2,3)15-10-6-13(7-11-15)16(22,17(19,20)21)12-4-8-14(18)9-5-12/h4-11,22H,1-3H3/t16-/m0/s1. The summed E-state index contributed by atoms with van der Waals surface area (Å²) in [5.41, 5.74) is -3.86. The first kappa shape index (κ1) is 17.7. The van der Waals surface area contributed by atoms with E-state index in [2.05, 4.69) is 19.6 Å². The number of aliphatic hydroxyl groups is 1. The fourth-order valence-corrected chi connectivity index (χ4v) is 3.56. The van der Waals surface area contributed by atoms with Gasteiger partial charge in [-0.3, -0.25) is 0 Å². The number of alkyl halides is 3. The highest BCUT2D eigenvalue weighted by molar-refractivity contribution is 6.88. The molecule has 0 aliphatic rings.